The molecular formula is C46H48BN5O7S. The molecule has 14 heteroatoms. The highest BCUT2D eigenvalue weighted by atomic mass is 32.1. The smallest absolute Gasteiger partial charge is 0.488 e. The molecule has 5 heterocycles. The summed E-state index contributed by atoms with van der Waals surface area (Å²) in [6.45, 7) is 8.42. The predicted molar refractivity (Wildman–Crippen MR) is 233 cm³/mol. The number of carbonyl (C=O) groups excluding carboxylic acids is 4. The van der Waals surface area contributed by atoms with Crippen molar-refractivity contribution in [3.63, 3.8) is 0 Å². The largest absolute Gasteiger partial charge is 0.508 e. The van der Waals surface area contributed by atoms with Crippen LogP contribution in [0, 0.1) is 0 Å². The maximum atomic E-state index is 14.1. The van der Waals surface area contributed by atoms with Crippen molar-refractivity contribution in [1.82, 2.24) is 20.0 Å². The molecule has 1 aromatic heterocycles. The number of carbonyl (C=O) groups is 4. The third-order valence-electron chi connectivity index (χ3n) is 12.8. The van der Waals surface area contributed by atoms with Crippen LogP contribution in [0.2, 0.25) is 0 Å². The third-order valence-corrected chi connectivity index (χ3v) is 14.0. The lowest BCUT2D eigenvalue weighted by atomic mass is 9.80. The number of phenols is 1. The number of thiophene rings is 1. The molecule has 3 fully saturated rings. The van der Waals surface area contributed by atoms with Gasteiger partial charge in [-0.3, -0.25) is 29.4 Å². The van der Waals surface area contributed by atoms with Gasteiger partial charge in [0.1, 0.15) is 11.8 Å². The van der Waals surface area contributed by atoms with Gasteiger partial charge in [-0.05, 0) is 128 Å². The quantitative estimate of drug-likeness (QED) is 0.0860. The Hall–Kier alpha value is -5.38. The van der Waals surface area contributed by atoms with E-state index in [-0.39, 0.29) is 35.7 Å². The van der Waals surface area contributed by atoms with Crippen molar-refractivity contribution in [3.05, 3.63) is 113 Å². The molecule has 4 aliphatic rings. The van der Waals surface area contributed by atoms with E-state index in [4.69, 9.17) is 0 Å². The van der Waals surface area contributed by atoms with Crippen molar-refractivity contribution >= 4 is 63.2 Å². The van der Waals surface area contributed by atoms with Crippen LogP contribution in [-0.2, 0) is 16.1 Å². The number of phenolic OH excluding ortho intramolecular Hbond substituents is 1. The van der Waals surface area contributed by atoms with Gasteiger partial charge in [0.05, 0.1) is 0 Å². The van der Waals surface area contributed by atoms with E-state index in [1.807, 2.05) is 30.3 Å². The fourth-order valence-corrected chi connectivity index (χ4v) is 10.6. The highest BCUT2D eigenvalue weighted by Gasteiger charge is 2.39. The highest BCUT2D eigenvalue weighted by molar-refractivity contribution is 7.22. The molecular weight excluding hydrogens is 777 g/mol. The topological polar surface area (TPSA) is 154 Å². The zero-order valence-electron chi connectivity index (χ0n) is 33.4. The van der Waals surface area contributed by atoms with Gasteiger partial charge in [0.2, 0.25) is 11.8 Å². The number of aromatic hydroxyl groups is 1. The normalized spacial score (nSPS) is 19.2. The molecule has 3 amide bonds. The Labute approximate surface area is 353 Å². The van der Waals surface area contributed by atoms with E-state index in [9.17, 15) is 34.3 Å². The maximum Gasteiger partial charge on any atom is 0.488 e. The number of rotatable bonds is 11. The van der Waals surface area contributed by atoms with E-state index < -0.39 is 13.2 Å². The third kappa shape index (κ3) is 8.10. The Morgan fingerprint density at radius 3 is 2.22 bits per heavy atom. The Morgan fingerprint density at radius 1 is 0.800 bits per heavy atom. The number of likely N-dealkylation sites (tertiary alicyclic amines) is 1. The first kappa shape index (κ1) is 40.1. The average Bonchev–Trinajstić information content (AvgIpc) is 3.80. The lowest BCUT2D eigenvalue weighted by Gasteiger charge is -2.37. The van der Waals surface area contributed by atoms with Crippen molar-refractivity contribution < 1.29 is 34.3 Å². The van der Waals surface area contributed by atoms with Crippen LogP contribution in [0.5, 0.6) is 5.75 Å². The second-order valence-corrected chi connectivity index (χ2v) is 17.5. The van der Waals surface area contributed by atoms with Gasteiger partial charge < -0.3 is 29.9 Å². The number of benzene rings is 4. The molecule has 9 rings (SSSR count). The van der Waals surface area contributed by atoms with Crippen LogP contribution in [0.25, 0.3) is 20.5 Å². The van der Waals surface area contributed by atoms with Crippen LogP contribution >= 0.6 is 11.3 Å². The predicted octanol–water partition coefficient (Wildman–Crippen LogP) is 4.34. The number of hydrogen-bond donors (Lipinski definition) is 4. The summed E-state index contributed by atoms with van der Waals surface area (Å²) in [6, 6.07) is 25.3. The Kier molecular flexibility index (Phi) is 11.3. The Balaban J connectivity index is 0.742. The first-order chi connectivity index (χ1) is 29.1. The molecule has 12 nitrogen and oxygen atoms in total. The first-order valence-corrected chi connectivity index (χ1v) is 21.7. The molecule has 4 aromatic carbocycles. The second-order valence-electron chi connectivity index (χ2n) is 16.5. The molecule has 4 aliphatic heterocycles. The lowest BCUT2D eigenvalue weighted by molar-refractivity contribution is -0.136. The molecule has 3 saturated heterocycles. The van der Waals surface area contributed by atoms with Crippen LogP contribution in [0.3, 0.4) is 0 Å². The SMILES string of the molecule is O=C1CCC(N2Cc3cc(C4CCN(CCCN5CCN(c6ccc(C(=O)c7c(-c8ccc(B(O)O)cc8)sc8cc(O)ccc78)cc6)CC5)CC4)ccc3C2=O)C(=O)N1. The van der Waals surface area contributed by atoms with Crippen LogP contribution in [0.1, 0.15) is 75.4 Å². The zero-order chi connectivity index (χ0) is 41.5. The second kappa shape index (κ2) is 16.9. The van der Waals surface area contributed by atoms with E-state index in [2.05, 4.69) is 32.1 Å². The summed E-state index contributed by atoms with van der Waals surface area (Å²) in [4.78, 5) is 61.2. The Bertz CT molecular complexity index is 2440. The number of anilines is 1. The van der Waals surface area contributed by atoms with E-state index >= 15 is 0 Å². The number of nitrogens with one attached hydrogen (secondary N) is 1. The van der Waals surface area contributed by atoms with Gasteiger partial charge in [-0.2, -0.15) is 0 Å². The van der Waals surface area contributed by atoms with Gasteiger partial charge in [0, 0.05) is 76.5 Å². The maximum absolute atomic E-state index is 14.1. The van der Waals surface area contributed by atoms with Crippen molar-refractivity contribution in [3.8, 4) is 16.2 Å². The lowest BCUT2D eigenvalue weighted by Crippen LogP contribution is -2.52. The number of piperazine rings is 1. The summed E-state index contributed by atoms with van der Waals surface area (Å²) in [7, 11) is -1.58. The standard InChI is InChI=1S/C46H48BN5O7S/c53-36-11-13-38-40(27-36)60-44(31-2-7-34(8-3-31)47(58)59)42(38)43(55)30-4-9-35(10-5-30)51-24-22-50(23-25-51)19-1-18-49-20-16-29(17-21-49)32-6-12-37-33(26-32)28-52(46(37)57)39-14-15-41(54)48-45(39)56/h2-13,26-27,29,39,53,58-59H,1,14-25,28H2,(H,48,54,56). The average molecular weight is 826 g/mol. The van der Waals surface area contributed by atoms with Crippen molar-refractivity contribution in [1.29, 1.82) is 0 Å². The van der Waals surface area contributed by atoms with E-state index in [0.717, 1.165) is 103 Å². The van der Waals surface area contributed by atoms with Crippen LogP contribution < -0.4 is 15.7 Å². The molecule has 4 N–H and O–H groups in total. The van der Waals surface area contributed by atoms with Crippen LogP contribution in [0.15, 0.2) is 84.9 Å². The molecule has 0 saturated carbocycles. The monoisotopic (exact) mass is 825 g/mol. The molecule has 308 valence electrons. The summed E-state index contributed by atoms with van der Waals surface area (Å²) in [5.41, 5.74) is 6.31. The molecule has 60 heavy (non-hydrogen) atoms. The number of fused-ring (bicyclic) bond motifs is 2. The van der Waals surface area contributed by atoms with Gasteiger partial charge in [0.25, 0.3) is 5.91 Å². The van der Waals surface area contributed by atoms with Gasteiger partial charge in [0.15, 0.2) is 5.78 Å². The minimum atomic E-state index is -1.58. The number of imide groups is 1. The number of nitrogens with zero attached hydrogens (tertiary/aromatic N) is 4. The zero-order valence-corrected chi connectivity index (χ0v) is 34.2. The van der Waals surface area contributed by atoms with Crippen molar-refractivity contribution in [2.75, 3.05) is 57.3 Å². The molecule has 0 aliphatic carbocycles. The van der Waals surface area contributed by atoms with Crippen LogP contribution in [-0.4, -0.2) is 119 Å². The van der Waals surface area contributed by atoms with Crippen LogP contribution in [0.4, 0.5) is 5.69 Å². The number of amides is 3. The van der Waals surface area contributed by atoms with E-state index in [1.165, 1.54) is 16.9 Å². The number of piperidine rings is 2. The summed E-state index contributed by atoms with van der Waals surface area (Å²) in [5, 5.41) is 32.5. The van der Waals surface area contributed by atoms with Gasteiger partial charge in [-0.1, -0.05) is 36.4 Å². The van der Waals surface area contributed by atoms with Crippen molar-refractivity contribution in [2.45, 2.75) is 50.6 Å². The molecule has 5 aromatic rings. The minimum Gasteiger partial charge on any atom is -0.508 e. The van der Waals surface area contributed by atoms with Gasteiger partial charge in [-0.25, -0.2) is 0 Å². The van der Waals surface area contributed by atoms with Gasteiger partial charge >= 0.3 is 7.12 Å². The van der Waals surface area contributed by atoms with Gasteiger partial charge in [-0.15, -0.1) is 11.3 Å². The fraction of sp³-hybridized carbons (Fsp3) is 0.348. The summed E-state index contributed by atoms with van der Waals surface area (Å²) in [6.07, 6.45) is 3.90. The molecule has 0 bridgehead atoms. The van der Waals surface area contributed by atoms with E-state index in [0.29, 0.717) is 41.0 Å². The Morgan fingerprint density at radius 2 is 1.52 bits per heavy atom. The minimum absolute atomic E-state index is 0.102. The number of ketones is 1. The first-order valence-electron chi connectivity index (χ1n) is 20.9. The molecule has 1 unspecified atom stereocenters. The number of hydrogen-bond acceptors (Lipinski definition) is 11. The summed E-state index contributed by atoms with van der Waals surface area (Å²) >= 11 is 1.43. The highest BCUT2D eigenvalue weighted by Crippen LogP contribution is 2.41. The molecule has 0 radical (unpaired) electrons. The molecule has 0 spiro atoms. The summed E-state index contributed by atoms with van der Waals surface area (Å²) < 4.78 is 0.800. The van der Waals surface area contributed by atoms with E-state index in [1.54, 1.807) is 47.4 Å². The summed E-state index contributed by atoms with van der Waals surface area (Å²) in [5.74, 6) is -0.304. The molecule has 1 atom stereocenters. The van der Waals surface area contributed by atoms with Crippen molar-refractivity contribution in [2.24, 2.45) is 0 Å². The fourth-order valence-electron chi connectivity index (χ4n) is 9.37.